The van der Waals surface area contributed by atoms with Crippen molar-refractivity contribution in [3.05, 3.63) is 29.3 Å². The summed E-state index contributed by atoms with van der Waals surface area (Å²) in [6.45, 7) is 2.04. The molecule has 0 aliphatic carbocycles. The van der Waals surface area contributed by atoms with Gasteiger partial charge in [0.1, 0.15) is 0 Å². The smallest absolute Gasteiger partial charge is 0.335 e. The first kappa shape index (κ1) is 16.5. The van der Waals surface area contributed by atoms with Crippen molar-refractivity contribution in [2.45, 2.75) is 13.3 Å². The van der Waals surface area contributed by atoms with Crippen LogP contribution in [0.2, 0.25) is 0 Å². The van der Waals surface area contributed by atoms with Crippen LogP contribution in [0.5, 0.6) is 0 Å². The molecule has 0 aliphatic rings. The van der Waals surface area contributed by atoms with Crippen molar-refractivity contribution in [1.82, 2.24) is 10.2 Å². The van der Waals surface area contributed by atoms with Crippen LogP contribution in [0, 0.1) is 6.92 Å². The van der Waals surface area contributed by atoms with Crippen molar-refractivity contribution in [3.63, 3.8) is 0 Å². The Labute approximate surface area is 122 Å². The standard InChI is InChI=1S/C14H19N3O4/c1-9-4-5-10(13(19)20)8-11(9)16-14(21)17(3)7-6-12(18)15-2/h4-5,8H,6-7H2,1-3H3,(H,15,18)(H,16,21)(H,19,20). The molecule has 0 spiro atoms. The molecule has 1 aromatic carbocycles. The normalized spacial score (nSPS) is 9.86. The molecule has 0 saturated carbocycles. The molecule has 7 heteroatoms. The van der Waals surface area contributed by atoms with E-state index in [0.29, 0.717) is 5.69 Å². The summed E-state index contributed by atoms with van der Waals surface area (Å²) >= 11 is 0. The van der Waals surface area contributed by atoms with Crippen molar-refractivity contribution >= 4 is 23.6 Å². The summed E-state index contributed by atoms with van der Waals surface area (Å²) in [4.78, 5) is 35.4. The maximum absolute atomic E-state index is 12.0. The van der Waals surface area contributed by atoms with Crippen LogP contribution >= 0.6 is 0 Å². The Balaban J connectivity index is 2.71. The zero-order chi connectivity index (χ0) is 16.0. The van der Waals surface area contributed by atoms with Gasteiger partial charge in [-0.15, -0.1) is 0 Å². The number of aryl methyl sites for hydroxylation is 1. The number of anilines is 1. The lowest BCUT2D eigenvalue weighted by molar-refractivity contribution is -0.120. The Morgan fingerprint density at radius 1 is 1.29 bits per heavy atom. The van der Waals surface area contributed by atoms with E-state index in [-0.39, 0.29) is 24.4 Å². The number of benzene rings is 1. The zero-order valence-electron chi connectivity index (χ0n) is 12.3. The van der Waals surface area contributed by atoms with Crippen molar-refractivity contribution in [2.75, 3.05) is 26.0 Å². The first-order chi connectivity index (χ1) is 9.85. The third kappa shape index (κ3) is 4.79. The lowest BCUT2D eigenvalue weighted by atomic mass is 10.1. The molecule has 0 heterocycles. The molecule has 0 saturated heterocycles. The number of amides is 3. The largest absolute Gasteiger partial charge is 0.478 e. The van der Waals surface area contributed by atoms with Gasteiger partial charge in [0.25, 0.3) is 0 Å². The molecule has 0 aromatic heterocycles. The van der Waals surface area contributed by atoms with Gasteiger partial charge < -0.3 is 20.6 Å². The van der Waals surface area contributed by atoms with Crippen LogP contribution < -0.4 is 10.6 Å². The van der Waals surface area contributed by atoms with Gasteiger partial charge in [0.15, 0.2) is 0 Å². The average Bonchev–Trinajstić information content (AvgIpc) is 2.46. The quantitative estimate of drug-likeness (QED) is 0.762. The van der Waals surface area contributed by atoms with E-state index in [0.717, 1.165) is 5.56 Å². The molecule has 0 radical (unpaired) electrons. The maximum Gasteiger partial charge on any atom is 0.335 e. The van der Waals surface area contributed by atoms with E-state index in [1.165, 1.54) is 24.1 Å². The minimum atomic E-state index is -1.06. The van der Waals surface area contributed by atoms with E-state index >= 15 is 0 Å². The molecule has 21 heavy (non-hydrogen) atoms. The van der Waals surface area contributed by atoms with E-state index in [1.54, 1.807) is 20.0 Å². The summed E-state index contributed by atoms with van der Waals surface area (Å²) in [7, 11) is 3.10. The fraction of sp³-hybridized carbons (Fsp3) is 0.357. The highest BCUT2D eigenvalue weighted by Gasteiger charge is 2.13. The SMILES string of the molecule is CNC(=O)CCN(C)C(=O)Nc1cc(C(=O)O)ccc1C. The third-order valence-corrected chi connectivity index (χ3v) is 3.03. The Hall–Kier alpha value is -2.57. The molecule has 1 aromatic rings. The summed E-state index contributed by atoms with van der Waals surface area (Å²) in [6.07, 6.45) is 0.203. The minimum absolute atomic E-state index is 0.101. The number of carbonyl (C=O) groups is 3. The summed E-state index contributed by atoms with van der Waals surface area (Å²) in [5, 5.41) is 14.1. The topological polar surface area (TPSA) is 98.7 Å². The van der Waals surface area contributed by atoms with Crippen molar-refractivity contribution in [2.24, 2.45) is 0 Å². The Bertz CT molecular complexity index is 557. The summed E-state index contributed by atoms with van der Waals surface area (Å²) in [5.74, 6) is -1.21. The molecular weight excluding hydrogens is 274 g/mol. The minimum Gasteiger partial charge on any atom is -0.478 e. The second-order valence-corrected chi connectivity index (χ2v) is 4.61. The van der Waals surface area contributed by atoms with E-state index in [2.05, 4.69) is 10.6 Å². The third-order valence-electron chi connectivity index (χ3n) is 3.03. The molecular formula is C14H19N3O4. The van der Waals surface area contributed by atoms with E-state index < -0.39 is 12.0 Å². The lowest BCUT2D eigenvalue weighted by Gasteiger charge is -2.18. The van der Waals surface area contributed by atoms with Crippen LogP contribution in [-0.4, -0.2) is 48.6 Å². The number of carboxylic acid groups (broad SMARTS) is 1. The summed E-state index contributed by atoms with van der Waals surface area (Å²) < 4.78 is 0. The molecule has 0 bridgehead atoms. The van der Waals surface area contributed by atoms with E-state index in [1.807, 2.05) is 0 Å². The molecule has 0 fully saturated rings. The number of hydrogen-bond donors (Lipinski definition) is 3. The molecule has 7 nitrogen and oxygen atoms in total. The molecule has 0 atom stereocenters. The Kier molecular flexibility index (Phi) is 5.71. The van der Waals surface area contributed by atoms with Crippen LogP contribution in [0.1, 0.15) is 22.3 Å². The van der Waals surface area contributed by atoms with Gasteiger partial charge in [-0.1, -0.05) is 6.07 Å². The molecule has 3 amide bonds. The predicted octanol–water partition coefficient (Wildman–Crippen LogP) is 1.29. The van der Waals surface area contributed by atoms with E-state index in [9.17, 15) is 14.4 Å². The average molecular weight is 293 g/mol. The van der Waals surface area contributed by atoms with E-state index in [4.69, 9.17) is 5.11 Å². The zero-order valence-corrected chi connectivity index (χ0v) is 12.3. The number of hydrogen-bond acceptors (Lipinski definition) is 3. The van der Waals surface area contributed by atoms with Crippen molar-refractivity contribution in [1.29, 1.82) is 0 Å². The predicted molar refractivity (Wildman–Crippen MR) is 78.5 cm³/mol. The van der Waals surface area contributed by atoms with Gasteiger partial charge in [-0.3, -0.25) is 4.79 Å². The fourth-order valence-electron chi connectivity index (χ4n) is 1.60. The lowest BCUT2D eigenvalue weighted by Crippen LogP contribution is -2.34. The van der Waals surface area contributed by atoms with Crippen LogP contribution in [0.4, 0.5) is 10.5 Å². The Morgan fingerprint density at radius 2 is 1.95 bits per heavy atom. The van der Waals surface area contributed by atoms with Crippen molar-refractivity contribution in [3.8, 4) is 0 Å². The molecule has 0 aliphatic heterocycles. The van der Waals surface area contributed by atoms with Crippen LogP contribution in [0.3, 0.4) is 0 Å². The number of urea groups is 1. The summed E-state index contributed by atoms with van der Waals surface area (Å²) in [6, 6.07) is 4.11. The molecule has 0 unspecified atom stereocenters. The molecule has 1 rings (SSSR count). The number of carboxylic acids is 1. The first-order valence-corrected chi connectivity index (χ1v) is 6.41. The highest BCUT2D eigenvalue weighted by atomic mass is 16.4. The van der Waals surface area contributed by atoms with Gasteiger partial charge in [0.2, 0.25) is 5.91 Å². The highest BCUT2D eigenvalue weighted by Crippen LogP contribution is 2.17. The second-order valence-electron chi connectivity index (χ2n) is 4.61. The van der Waals surface area contributed by atoms with Crippen LogP contribution in [0.15, 0.2) is 18.2 Å². The first-order valence-electron chi connectivity index (χ1n) is 6.41. The maximum atomic E-state index is 12.0. The molecule has 3 N–H and O–H groups in total. The number of nitrogens with one attached hydrogen (secondary N) is 2. The van der Waals surface area contributed by atoms with Crippen molar-refractivity contribution < 1.29 is 19.5 Å². The van der Waals surface area contributed by atoms with Gasteiger partial charge in [-0.2, -0.15) is 0 Å². The fourth-order valence-corrected chi connectivity index (χ4v) is 1.60. The van der Waals surface area contributed by atoms with Crippen LogP contribution in [-0.2, 0) is 4.79 Å². The second kappa shape index (κ2) is 7.28. The van der Waals surface area contributed by atoms with Gasteiger partial charge in [0.05, 0.1) is 5.56 Å². The van der Waals surface area contributed by atoms with Crippen LogP contribution in [0.25, 0.3) is 0 Å². The van der Waals surface area contributed by atoms with Gasteiger partial charge in [-0.25, -0.2) is 9.59 Å². The number of carbonyl (C=O) groups excluding carboxylic acids is 2. The number of rotatable bonds is 5. The monoisotopic (exact) mass is 293 g/mol. The van der Waals surface area contributed by atoms with Gasteiger partial charge in [0, 0.05) is 32.7 Å². The van der Waals surface area contributed by atoms with Gasteiger partial charge >= 0.3 is 12.0 Å². The molecule has 114 valence electrons. The van der Waals surface area contributed by atoms with Gasteiger partial charge in [-0.05, 0) is 24.6 Å². The Morgan fingerprint density at radius 3 is 2.52 bits per heavy atom. The summed E-state index contributed by atoms with van der Waals surface area (Å²) in [5.41, 5.74) is 1.30. The number of nitrogens with zero attached hydrogens (tertiary/aromatic N) is 1. The highest BCUT2D eigenvalue weighted by molar-refractivity contribution is 5.94. The number of aromatic carboxylic acids is 1.